The normalized spacial score (nSPS) is 17.5. The van der Waals surface area contributed by atoms with Crippen LogP contribution in [0.3, 0.4) is 0 Å². The number of hydrogen-bond acceptors (Lipinski definition) is 3. The highest BCUT2D eigenvalue weighted by molar-refractivity contribution is 6.99. The van der Waals surface area contributed by atoms with Gasteiger partial charge in [0.25, 0.3) is 8.32 Å². The van der Waals surface area contributed by atoms with E-state index in [0.717, 1.165) is 12.8 Å². The first-order valence-corrected chi connectivity index (χ1v) is 11.4. The Hall–Kier alpha value is -2.17. The minimum absolute atomic E-state index is 0.112. The molecule has 3 nitrogen and oxygen atoms in total. The summed E-state index contributed by atoms with van der Waals surface area (Å²) in [6.45, 7) is 6.74. The molecule has 2 aromatic rings. The van der Waals surface area contributed by atoms with Gasteiger partial charge in [-0.1, -0.05) is 87.5 Å². The molecule has 142 valence electrons. The monoisotopic (exact) mass is 380 g/mol. The molecule has 0 spiro atoms. The molecule has 0 saturated carbocycles. The van der Waals surface area contributed by atoms with Gasteiger partial charge in [-0.25, -0.2) is 4.79 Å². The zero-order chi connectivity index (χ0) is 19.5. The standard InChI is InChI=1S/C23H28O3Si/c1-23(2,3)27(18-12-7-5-8-13-18,19-14-9-6-10-15-19)26-21-17-11-16-20(21)22(24)25-4/h5-10,12-16,21H,11,17H2,1-4H3. The van der Waals surface area contributed by atoms with Crippen molar-refractivity contribution in [3.8, 4) is 0 Å². The van der Waals surface area contributed by atoms with Crippen LogP contribution in [0.2, 0.25) is 5.04 Å². The SMILES string of the molecule is COC(=O)C1=CCCC1O[Si](c1ccccc1)(c1ccccc1)C(C)(C)C. The fourth-order valence-electron chi connectivity index (χ4n) is 4.04. The lowest BCUT2D eigenvalue weighted by Crippen LogP contribution is -2.67. The molecule has 0 N–H and O–H groups in total. The van der Waals surface area contributed by atoms with E-state index in [0.29, 0.717) is 5.57 Å². The lowest BCUT2D eigenvalue weighted by atomic mass is 10.2. The average Bonchev–Trinajstić information content (AvgIpc) is 3.14. The number of ether oxygens (including phenoxy) is 1. The van der Waals surface area contributed by atoms with Gasteiger partial charge in [-0.3, -0.25) is 0 Å². The van der Waals surface area contributed by atoms with Crippen molar-refractivity contribution in [2.75, 3.05) is 7.11 Å². The molecule has 1 aliphatic rings. The molecule has 0 aliphatic heterocycles. The summed E-state index contributed by atoms with van der Waals surface area (Å²) in [6.07, 6.45) is 3.39. The van der Waals surface area contributed by atoms with E-state index in [2.05, 4.69) is 69.3 Å². The summed E-state index contributed by atoms with van der Waals surface area (Å²) >= 11 is 0. The van der Waals surface area contributed by atoms with Gasteiger partial charge in [-0.2, -0.15) is 0 Å². The first-order valence-electron chi connectivity index (χ1n) is 9.47. The first kappa shape index (κ1) is 19.6. The van der Waals surface area contributed by atoms with Gasteiger partial charge in [0.15, 0.2) is 0 Å². The largest absolute Gasteiger partial charge is 0.466 e. The second-order valence-corrected chi connectivity index (χ2v) is 12.3. The zero-order valence-electron chi connectivity index (χ0n) is 16.6. The maximum Gasteiger partial charge on any atom is 0.336 e. The number of rotatable bonds is 5. The number of methoxy groups -OCH3 is 1. The number of benzene rings is 2. The maximum absolute atomic E-state index is 12.3. The van der Waals surface area contributed by atoms with Crippen molar-refractivity contribution < 1.29 is 14.0 Å². The van der Waals surface area contributed by atoms with Crippen LogP contribution in [0.4, 0.5) is 0 Å². The van der Waals surface area contributed by atoms with Crippen LogP contribution in [0.5, 0.6) is 0 Å². The highest BCUT2D eigenvalue weighted by Gasteiger charge is 2.52. The third-order valence-corrected chi connectivity index (χ3v) is 10.3. The van der Waals surface area contributed by atoms with Gasteiger partial charge in [0.2, 0.25) is 0 Å². The van der Waals surface area contributed by atoms with E-state index in [1.165, 1.54) is 17.5 Å². The van der Waals surface area contributed by atoms with Crippen molar-refractivity contribution in [3.05, 3.63) is 72.3 Å². The molecule has 0 saturated heterocycles. The fraction of sp³-hybridized carbons (Fsp3) is 0.348. The average molecular weight is 381 g/mol. The summed E-state index contributed by atoms with van der Waals surface area (Å²) in [4.78, 5) is 12.3. The van der Waals surface area contributed by atoms with E-state index in [-0.39, 0.29) is 17.1 Å². The number of allylic oxidation sites excluding steroid dienone is 1. The molecular weight excluding hydrogens is 352 g/mol. The zero-order valence-corrected chi connectivity index (χ0v) is 17.6. The Morgan fingerprint density at radius 2 is 1.48 bits per heavy atom. The van der Waals surface area contributed by atoms with Crippen LogP contribution in [-0.4, -0.2) is 27.5 Å². The van der Waals surface area contributed by atoms with Crippen molar-refractivity contribution in [2.45, 2.75) is 44.8 Å². The number of esters is 1. The Kier molecular flexibility index (Phi) is 5.68. The Morgan fingerprint density at radius 1 is 0.963 bits per heavy atom. The van der Waals surface area contributed by atoms with Crippen LogP contribution in [0.1, 0.15) is 33.6 Å². The lowest BCUT2D eigenvalue weighted by molar-refractivity contribution is -0.137. The van der Waals surface area contributed by atoms with Crippen molar-refractivity contribution in [2.24, 2.45) is 0 Å². The second-order valence-electron chi connectivity index (χ2n) is 8.00. The van der Waals surface area contributed by atoms with E-state index in [4.69, 9.17) is 9.16 Å². The topological polar surface area (TPSA) is 35.5 Å². The maximum atomic E-state index is 12.3. The van der Waals surface area contributed by atoms with Crippen molar-refractivity contribution in [1.29, 1.82) is 0 Å². The van der Waals surface area contributed by atoms with Crippen LogP contribution in [0.15, 0.2) is 72.3 Å². The highest BCUT2D eigenvalue weighted by Crippen LogP contribution is 2.39. The molecule has 1 unspecified atom stereocenters. The molecule has 3 rings (SSSR count). The molecule has 0 radical (unpaired) electrons. The second kappa shape index (κ2) is 7.83. The molecule has 1 atom stereocenters. The van der Waals surface area contributed by atoms with Crippen molar-refractivity contribution in [1.82, 2.24) is 0 Å². The minimum Gasteiger partial charge on any atom is -0.466 e. The number of hydrogen-bond donors (Lipinski definition) is 0. The summed E-state index contributed by atoms with van der Waals surface area (Å²) in [6, 6.07) is 21.0. The van der Waals surface area contributed by atoms with E-state index in [9.17, 15) is 4.79 Å². The predicted molar refractivity (Wildman–Crippen MR) is 112 cm³/mol. The Bertz CT molecular complexity index is 767. The molecule has 0 bridgehead atoms. The summed E-state index contributed by atoms with van der Waals surface area (Å²) in [7, 11) is -1.23. The van der Waals surface area contributed by atoms with E-state index in [1.807, 2.05) is 18.2 Å². The highest BCUT2D eigenvalue weighted by atomic mass is 28.4. The van der Waals surface area contributed by atoms with Gasteiger partial charge in [0.1, 0.15) is 0 Å². The van der Waals surface area contributed by atoms with Crippen molar-refractivity contribution in [3.63, 3.8) is 0 Å². The van der Waals surface area contributed by atoms with Gasteiger partial charge in [-0.05, 0) is 28.3 Å². The third-order valence-electron chi connectivity index (χ3n) is 5.30. The molecule has 27 heavy (non-hydrogen) atoms. The third kappa shape index (κ3) is 3.64. The van der Waals surface area contributed by atoms with Crippen molar-refractivity contribution >= 4 is 24.7 Å². The van der Waals surface area contributed by atoms with E-state index in [1.54, 1.807) is 0 Å². The van der Waals surface area contributed by atoms with E-state index < -0.39 is 8.32 Å². The molecule has 0 heterocycles. The van der Waals surface area contributed by atoms with Gasteiger partial charge >= 0.3 is 5.97 Å². The summed E-state index contributed by atoms with van der Waals surface area (Å²) in [5, 5.41) is 2.33. The van der Waals surface area contributed by atoms with Crippen LogP contribution in [0.25, 0.3) is 0 Å². The summed E-state index contributed by atoms with van der Waals surface area (Å²) in [5.74, 6) is -0.282. The number of carbonyl (C=O) groups excluding carboxylic acids is 1. The molecule has 4 heteroatoms. The molecule has 0 aromatic heterocycles. The van der Waals surface area contributed by atoms with Crippen LogP contribution in [-0.2, 0) is 14.0 Å². The molecule has 0 fully saturated rings. The molecule has 0 amide bonds. The predicted octanol–water partition coefficient (Wildman–Crippen LogP) is 3.82. The first-order chi connectivity index (χ1) is 12.9. The molecule has 1 aliphatic carbocycles. The minimum atomic E-state index is -2.66. The summed E-state index contributed by atoms with van der Waals surface area (Å²) < 4.78 is 12.0. The Labute approximate surface area is 163 Å². The van der Waals surface area contributed by atoms with Gasteiger partial charge in [0.05, 0.1) is 18.8 Å². The molecule has 2 aromatic carbocycles. The molecular formula is C23H28O3Si. The van der Waals surface area contributed by atoms with Gasteiger partial charge in [-0.15, -0.1) is 0 Å². The van der Waals surface area contributed by atoms with Gasteiger partial charge < -0.3 is 9.16 Å². The fourth-order valence-corrected chi connectivity index (χ4v) is 8.72. The van der Waals surface area contributed by atoms with E-state index >= 15 is 0 Å². The number of carbonyl (C=O) groups is 1. The van der Waals surface area contributed by atoms with Gasteiger partial charge in [0, 0.05) is 0 Å². The Balaban J connectivity index is 2.16. The lowest BCUT2D eigenvalue weighted by Gasteiger charge is -2.44. The Morgan fingerprint density at radius 3 is 1.93 bits per heavy atom. The van der Waals surface area contributed by atoms with Crippen LogP contribution in [0, 0.1) is 0 Å². The van der Waals surface area contributed by atoms with Crippen LogP contribution < -0.4 is 10.4 Å². The van der Waals surface area contributed by atoms with Crippen LogP contribution >= 0.6 is 0 Å². The smallest absolute Gasteiger partial charge is 0.336 e. The quantitative estimate of drug-likeness (QED) is 0.584. The summed E-state index contributed by atoms with van der Waals surface area (Å²) in [5.41, 5.74) is 0.658.